The van der Waals surface area contributed by atoms with Gasteiger partial charge in [-0.1, -0.05) is 53.3 Å². The molecule has 1 N–H and O–H groups in total. The first-order valence-electron chi connectivity index (χ1n) is 8.73. The van der Waals surface area contributed by atoms with Gasteiger partial charge in [0.1, 0.15) is 0 Å². The molecule has 0 atom stereocenters. The van der Waals surface area contributed by atoms with E-state index in [1.165, 1.54) is 23.5 Å². The molecule has 0 aliphatic rings. The highest BCUT2D eigenvalue weighted by Gasteiger charge is 2.21. The molecule has 10 heteroatoms. The Bertz CT molecular complexity index is 1250. The molecule has 0 radical (unpaired) electrons. The maximum absolute atomic E-state index is 12.7. The summed E-state index contributed by atoms with van der Waals surface area (Å²) in [5.41, 5.74) is 1.33. The summed E-state index contributed by atoms with van der Waals surface area (Å²) < 4.78 is 1.86. The second-order valence-electron chi connectivity index (χ2n) is 6.30. The second kappa shape index (κ2) is 8.05. The SMILES string of the molecule is Cn1ccnc1-c1sc(NC(=O)c2cc([N+](=O)[O-])ccc2Cl)nc1-c1ccccc1. The van der Waals surface area contributed by atoms with Gasteiger partial charge in [-0.05, 0) is 6.07 Å². The van der Waals surface area contributed by atoms with Gasteiger partial charge in [0.25, 0.3) is 11.6 Å². The third kappa shape index (κ3) is 3.80. The van der Waals surface area contributed by atoms with Crippen LogP contribution in [-0.2, 0) is 7.05 Å². The molecule has 1 amide bonds. The van der Waals surface area contributed by atoms with Crippen LogP contribution in [0.25, 0.3) is 22.0 Å². The summed E-state index contributed by atoms with van der Waals surface area (Å²) >= 11 is 7.34. The Morgan fingerprint density at radius 1 is 1.23 bits per heavy atom. The molecule has 2 aromatic carbocycles. The van der Waals surface area contributed by atoms with Crippen molar-refractivity contribution in [3.63, 3.8) is 0 Å². The van der Waals surface area contributed by atoms with Gasteiger partial charge < -0.3 is 4.57 Å². The number of rotatable bonds is 5. The lowest BCUT2D eigenvalue weighted by molar-refractivity contribution is -0.384. The number of hydrogen-bond donors (Lipinski definition) is 1. The largest absolute Gasteiger partial charge is 0.333 e. The molecule has 0 saturated heterocycles. The summed E-state index contributed by atoms with van der Waals surface area (Å²) in [6, 6.07) is 13.3. The lowest BCUT2D eigenvalue weighted by Gasteiger charge is -2.04. The van der Waals surface area contributed by atoms with Crippen molar-refractivity contribution in [2.45, 2.75) is 0 Å². The number of non-ortho nitro benzene ring substituents is 1. The average Bonchev–Trinajstić information content (AvgIpc) is 3.34. The molecular formula is C20H14ClN5O3S. The van der Waals surface area contributed by atoms with Crippen molar-refractivity contribution in [3.8, 4) is 22.0 Å². The number of aryl methyl sites for hydroxylation is 1. The van der Waals surface area contributed by atoms with E-state index in [0.717, 1.165) is 16.5 Å². The molecule has 4 aromatic rings. The van der Waals surface area contributed by atoms with Crippen LogP contribution >= 0.6 is 22.9 Å². The third-order valence-corrected chi connectivity index (χ3v) is 5.62. The molecule has 150 valence electrons. The second-order valence-corrected chi connectivity index (χ2v) is 7.71. The van der Waals surface area contributed by atoms with E-state index in [1.807, 2.05) is 48.1 Å². The Kier molecular flexibility index (Phi) is 5.30. The predicted octanol–water partition coefficient (Wildman–Crippen LogP) is 5.02. The normalized spacial score (nSPS) is 10.7. The summed E-state index contributed by atoms with van der Waals surface area (Å²) in [6.07, 6.45) is 3.51. The summed E-state index contributed by atoms with van der Waals surface area (Å²) in [5, 5.41) is 14.2. The minimum Gasteiger partial charge on any atom is -0.333 e. The summed E-state index contributed by atoms with van der Waals surface area (Å²) in [5.74, 6) is 0.128. The molecule has 0 fully saturated rings. The monoisotopic (exact) mass is 439 g/mol. The molecule has 0 spiro atoms. The quantitative estimate of drug-likeness (QED) is 0.347. The van der Waals surface area contributed by atoms with E-state index in [0.29, 0.717) is 16.6 Å². The van der Waals surface area contributed by atoms with Crippen molar-refractivity contribution in [1.29, 1.82) is 0 Å². The molecule has 2 aromatic heterocycles. The number of anilines is 1. The van der Waals surface area contributed by atoms with Crippen molar-refractivity contribution in [1.82, 2.24) is 14.5 Å². The fourth-order valence-electron chi connectivity index (χ4n) is 2.87. The Hall–Kier alpha value is -3.56. The number of thiazole rings is 1. The highest BCUT2D eigenvalue weighted by atomic mass is 35.5. The molecule has 0 aliphatic heterocycles. The highest BCUT2D eigenvalue weighted by molar-refractivity contribution is 7.19. The van der Waals surface area contributed by atoms with Crippen molar-refractivity contribution in [2.75, 3.05) is 5.32 Å². The lowest BCUT2D eigenvalue weighted by Crippen LogP contribution is -2.12. The van der Waals surface area contributed by atoms with E-state index in [4.69, 9.17) is 11.6 Å². The van der Waals surface area contributed by atoms with E-state index in [9.17, 15) is 14.9 Å². The number of amides is 1. The number of nitrogens with zero attached hydrogens (tertiary/aromatic N) is 4. The summed E-state index contributed by atoms with van der Waals surface area (Å²) in [4.78, 5) is 33.0. The molecule has 8 nitrogen and oxygen atoms in total. The van der Waals surface area contributed by atoms with Crippen LogP contribution in [0, 0.1) is 10.1 Å². The van der Waals surface area contributed by atoms with Crippen molar-refractivity contribution in [3.05, 3.63) is 81.6 Å². The zero-order valence-corrected chi connectivity index (χ0v) is 17.1. The van der Waals surface area contributed by atoms with Gasteiger partial charge in [-0.15, -0.1) is 0 Å². The van der Waals surface area contributed by atoms with Gasteiger partial charge in [-0.2, -0.15) is 0 Å². The molecule has 0 bridgehead atoms. The van der Waals surface area contributed by atoms with Crippen LogP contribution in [0.2, 0.25) is 5.02 Å². The van der Waals surface area contributed by atoms with Crippen LogP contribution in [0.4, 0.5) is 10.8 Å². The minimum atomic E-state index is -0.580. The minimum absolute atomic E-state index is 0.000805. The van der Waals surface area contributed by atoms with Crippen molar-refractivity contribution >= 4 is 39.7 Å². The van der Waals surface area contributed by atoms with Gasteiger partial charge in [0.2, 0.25) is 0 Å². The Labute approximate surface area is 179 Å². The van der Waals surface area contributed by atoms with E-state index in [1.54, 1.807) is 6.20 Å². The fraction of sp³-hybridized carbons (Fsp3) is 0.0500. The van der Waals surface area contributed by atoms with Crippen molar-refractivity contribution < 1.29 is 9.72 Å². The topological polar surface area (TPSA) is 103 Å². The fourth-order valence-corrected chi connectivity index (χ4v) is 4.09. The van der Waals surface area contributed by atoms with E-state index in [2.05, 4.69) is 15.3 Å². The average molecular weight is 440 g/mol. The maximum atomic E-state index is 12.7. The summed E-state index contributed by atoms with van der Waals surface area (Å²) in [6.45, 7) is 0. The first kappa shape index (κ1) is 19.7. The molecule has 4 rings (SSSR count). The number of nitrogens with one attached hydrogen (secondary N) is 1. The molecule has 0 unspecified atom stereocenters. The van der Waals surface area contributed by atoms with Gasteiger partial charge in [-0.3, -0.25) is 20.2 Å². The smallest absolute Gasteiger partial charge is 0.270 e. The van der Waals surface area contributed by atoms with Crippen LogP contribution in [0.15, 0.2) is 60.9 Å². The van der Waals surface area contributed by atoms with E-state index < -0.39 is 10.8 Å². The number of benzene rings is 2. The van der Waals surface area contributed by atoms with Gasteiger partial charge in [0, 0.05) is 37.1 Å². The first-order chi connectivity index (χ1) is 14.4. The highest BCUT2D eigenvalue weighted by Crippen LogP contribution is 2.38. The number of aromatic nitrogens is 3. The standard InChI is InChI=1S/C20H14ClN5O3S/c1-25-10-9-22-18(25)17-16(12-5-3-2-4-6-12)23-20(30-17)24-19(27)14-11-13(26(28)29)7-8-15(14)21/h2-11H,1H3,(H,23,24,27). The number of carbonyl (C=O) groups is 1. The van der Waals surface area contributed by atoms with Gasteiger partial charge in [-0.25, -0.2) is 9.97 Å². The van der Waals surface area contributed by atoms with Crippen LogP contribution < -0.4 is 5.32 Å². The molecule has 30 heavy (non-hydrogen) atoms. The van der Waals surface area contributed by atoms with Crippen LogP contribution in [0.5, 0.6) is 0 Å². The maximum Gasteiger partial charge on any atom is 0.270 e. The van der Waals surface area contributed by atoms with Crippen LogP contribution in [-0.4, -0.2) is 25.4 Å². The van der Waals surface area contributed by atoms with Crippen LogP contribution in [0.3, 0.4) is 0 Å². The van der Waals surface area contributed by atoms with Gasteiger partial charge in [0.15, 0.2) is 11.0 Å². The lowest BCUT2D eigenvalue weighted by atomic mass is 10.1. The number of carbonyl (C=O) groups excluding carboxylic acids is 1. The number of imidazole rings is 1. The molecule has 0 saturated carbocycles. The third-order valence-electron chi connectivity index (χ3n) is 4.32. The van der Waals surface area contributed by atoms with Crippen LogP contribution in [0.1, 0.15) is 10.4 Å². The van der Waals surface area contributed by atoms with E-state index >= 15 is 0 Å². The van der Waals surface area contributed by atoms with Gasteiger partial charge in [0.05, 0.1) is 26.1 Å². The zero-order valence-electron chi connectivity index (χ0n) is 15.6. The molecule has 0 aliphatic carbocycles. The predicted molar refractivity (Wildman–Crippen MR) is 116 cm³/mol. The Balaban J connectivity index is 1.73. The molecular weight excluding hydrogens is 426 g/mol. The van der Waals surface area contributed by atoms with Gasteiger partial charge >= 0.3 is 0 Å². The summed E-state index contributed by atoms with van der Waals surface area (Å²) in [7, 11) is 1.87. The first-order valence-corrected chi connectivity index (χ1v) is 9.92. The van der Waals surface area contributed by atoms with E-state index in [-0.39, 0.29) is 16.3 Å². The number of halogens is 1. The molecule has 2 heterocycles. The van der Waals surface area contributed by atoms with Crippen molar-refractivity contribution in [2.24, 2.45) is 7.05 Å². The number of hydrogen-bond acceptors (Lipinski definition) is 6. The number of nitro groups is 1. The Morgan fingerprint density at radius 3 is 2.67 bits per heavy atom. The zero-order chi connectivity index (χ0) is 21.3. The Morgan fingerprint density at radius 2 is 2.00 bits per heavy atom. The number of nitro benzene ring substituents is 1.